The highest BCUT2D eigenvalue weighted by molar-refractivity contribution is 6.22. The molecule has 0 spiro atoms. The summed E-state index contributed by atoms with van der Waals surface area (Å²) in [7, 11) is 0. The molecule has 11 rings (SSSR count). The van der Waals surface area contributed by atoms with E-state index in [1.807, 2.05) is 0 Å². The van der Waals surface area contributed by atoms with Crippen LogP contribution in [0.15, 0.2) is 182 Å². The summed E-state index contributed by atoms with van der Waals surface area (Å²) in [6, 6.07) is 68.1. The molecule has 0 bridgehead atoms. The minimum Gasteiger partial charge on any atom is -0.0619 e. The van der Waals surface area contributed by atoms with Crippen LogP contribution in [0.2, 0.25) is 0 Å². The zero-order valence-corrected chi connectivity index (χ0v) is 29.8. The molecule has 0 heterocycles. The first-order valence-electron chi connectivity index (χ1n) is 18.7. The predicted molar refractivity (Wildman–Crippen MR) is 225 cm³/mol. The molecule has 0 nitrogen and oxygen atoms in total. The molecule has 0 atom stereocenters. The third-order valence-corrected chi connectivity index (χ3v) is 12.1. The number of hydrogen-bond acceptors (Lipinski definition) is 0. The number of fused-ring (bicyclic) bond motifs is 13. The van der Waals surface area contributed by atoms with Crippen LogP contribution in [0, 0.1) is 0 Å². The minimum absolute atomic E-state index is 0.0658. The highest BCUT2D eigenvalue weighted by atomic mass is 14.4. The van der Waals surface area contributed by atoms with Crippen molar-refractivity contribution < 1.29 is 0 Å². The molecule has 0 radical (unpaired) electrons. The molecule has 248 valence electrons. The maximum Gasteiger partial charge on any atom is 0.0159 e. The van der Waals surface area contributed by atoms with Gasteiger partial charge in [0.1, 0.15) is 0 Å². The lowest BCUT2D eigenvalue weighted by atomic mass is 9.79. The Labute approximate surface area is 310 Å². The van der Waals surface area contributed by atoms with Crippen LogP contribution in [0.1, 0.15) is 25.0 Å². The molecule has 0 saturated heterocycles. The zero-order chi connectivity index (χ0) is 35.3. The fourth-order valence-corrected chi connectivity index (χ4v) is 9.63. The topological polar surface area (TPSA) is 0 Å². The summed E-state index contributed by atoms with van der Waals surface area (Å²) in [5, 5.41) is 5.10. The predicted octanol–water partition coefficient (Wildman–Crippen LogP) is 14.6. The molecule has 0 aliphatic heterocycles. The van der Waals surface area contributed by atoms with Gasteiger partial charge in [0.05, 0.1) is 0 Å². The van der Waals surface area contributed by atoms with Crippen LogP contribution in [-0.4, -0.2) is 0 Å². The molecule has 0 aromatic heterocycles. The van der Waals surface area contributed by atoms with Crippen molar-refractivity contribution in [1.29, 1.82) is 0 Å². The Hall–Kier alpha value is -6.50. The van der Waals surface area contributed by atoms with Gasteiger partial charge in [-0.3, -0.25) is 0 Å². The second-order valence-electron chi connectivity index (χ2n) is 15.2. The fraction of sp³-hybridized carbons (Fsp3) is 0.0566. The van der Waals surface area contributed by atoms with Gasteiger partial charge in [0, 0.05) is 5.41 Å². The van der Waals surface area contributed by atoms with Crippen molar-refractivity contribution in [1.82, 2.24) is 0 Å². The number of hydrogen-bond donors (Lipinski definition) is 0. The Morgan fingerprint density at radius 2 is 0.585 bits per heavy atom. The van der Waals surface area contributed by atoms with E-state index in [0.717, 1.165) is 0 Å². The summed E-state index contributed by atoms with van der Waals surface area (Å²) >= 11 is 0. The molecular weight excluding hydrogens is 637 g/mol. The monoisotopic (exact) mass is 672 g/mol. The van der Waals surface area contributed by atoms with E-state index in [9.17, 15) is 0 Å². The van der Waals surface area contributed by atoms with Crippen molar-refractivity contribution in [2.24, 2.45) is 0 Å². The average Bonchev–Trinajstić information content (AvgIpc) is 3.44. The Kier molecular flexibility index (Phi) is 6.40. The summed E-state index contributed by atoms with van der Waals surface area (Å²) < 4.78 is 0. The molecule has 2 aliphatic carbocycles. The molecule has 0 fully saturated rings. The quantitative estimate of drug-likeness (QED) is 0.160. The maximum atomic E-state index is 2.47. The highest BCUT2D eigenvalue weighted by Gasteiger charge is 2.35. The van der Waals surface area contributed by atoms with E-state index in [0.29, 0.717) is 0 Å². The second kappa shape index (κ2) is 11.2. The van der Waals surface area contributed by atoms with Crippen LogP contribution < -0.4 is 0 Å². The lowest BCUT2D eigenvalue weighted by Gasteiger charge is -2.24. The summed E-state index contributed by atoms with van der Waals surface area (Å²) in [4.78, 5) is 0. The third kappa shape index (κ3) is 4.30. The Morgan fingerprint density at radius 3 is 1.06 bits per heavy atom. The highest BCUT2D eigenvalue weighted by Crippen LogP contribution is 2.53. The van der Waals surface area contributed by atoms with Crippen molar-refractivity contribution in [3.05, 3.63) is 193 Å². The van der Waals surface area contributed by atoms with Gasteiger partial charge in [-0.1, -0.05) is 184 Å². The summed E-state index contributed by atoms with van der Waals surface area (Å²) in [6.07, 6.45) is 0. The van der Waals surface area contributed by atoms with Gasteiger partial charge < -0.3 is 0 Å². The van der Waals surface area contributed by atoms with Gasteiger partial charge in [0.2, 0.25) is 0 Å². The minimum atomic E-state index is -0.0658. The van der Waals surface area contributed by atoms with Crippen molar-refractivity contribution in [3.63, 3.8) is 0 Å². The van der Waals surface area contributed by atoms with Crippen molar-refractivity contribution in [2.45, 2.75) is 19.3 Å². The molecule has 53 heavy (non-hydrogen) atoms. The van der Waals surface area contributed by atoms with Crippen molar-refractivity contribution in [2.75, 3.05) is 0 Å². The van der Waals surface area contributed by atoms with Crippen LogP contribution in [0.3, 0.4) is 0 Å². The average molecular weight is 673 g/mol. The van der Waals surface area contributed by atoms with E-state index in [1.165, 1.54) is 111 Å². The van der Waals surface area contributed by atoms with Gasteiger partial charge in [0.25, 0.3) is 0 Å². The van der Waals surface area contributed by atoms with Gasteiger partial charge in [-0.25, -0.2) is 0 Å². The first kappa shape index (κ1) is 30.2. The first-order valence-corrected chi connectivity index (χ1v) is 18.7. The zero-order valence-electron chi connectivity index (χ0n) is 29.8. The number of rotatable bonds is 2. The maximum absolute atomic E-state index is 2.47. The van der Waals surface area contributed by atoms with E-state index in [4.69, 9.17) is 0 Å². The first-order chi connectivity index (χ1) is 26.1. The van der Waals surface area contributed by atoms with Crippen LogP contribution in [0.5, 0.6) is 0 Å². The Morgan fingerprint density at radius 1 is 0.264 bits per heavy atom. The molecule has 0 N–H and O–H groups in total. The van der Waals surface area contributed by atoms with Gasteiger partial charge in [-0.2, -0.15) is 0 Å². The van der Waals surface area contributed by atoms with E-state index in [-0.39, 0.29) is 5.41 Å². The van der Waals surface area contributed by atoms with Gasteiger partial charge >= 0.3 is 0 Å². The third-order valence-electron chi connectivity index (χ3n) is 12.1. The smallest absolute Gasteiger partial charge is 0.0159 e. The lowest BCUT2D eigenvalue weighted by molar-refractivity contribution is 0.660. The standard InChI is InChI=1S/C53H36/c1-53(2)49-26-14-13-21-42(49)43-30-28-34(32-50(43)53)52-46-24-11-9-22-44(46)51(45-23-10-12-25-47(45)52)33-27-29-41-39-19-6-5-17-37(39)35-15-3-4-16-36(35)38-18-7-8-20-40(38)48(41)31-33/h3-32H,1-2H3. The molecule has 0 unspecified atom stereocenters. The van der Waals surface area contributed by atoms with E-state index in [1.54, 1.807) is 0 Å². The van der Waals surface area contributed by atoms with E-state index in [2.05, 4.69) is 196 Å². The van der Waals surface area contributed by atoms with E-state index >= 15 is 0 Å². The van der Waals surface area contributed by atoms with E-state index < -0.39 is 0 Å². The summed E-state index contributed by atoms with van der Waals surface area (Å²) in [5.74, 6) is 0. The van der Waals surface area contributed by atoms with Crippen molar-refractivity contribution in [3.8, 4) is 77.9 Å². The summed E-state index contributed by atoms with van der Waals surface area (Å²) in [6.45, 7) is 4.74. The van der Waals surface area contributed by atoms with Crippen LogP contribution in [0.25, 0.3) is 99.4 Å². The molecule has 0 amide bonds. The van der Waals surface area contributed by atoms with Gasteiger partial charge in [0.15, 0.2) is 0 Å². The van der Waals surface area contributed by atoms with Gasteiger partial charge in [-0.05, 0) is 123 Å². The molecular formula is C53H36. The SMILES string of the molecule is CC1(C)c2ccccc2-c2ccc(-c3c4ccccc4c(-c4ccc5c(c4)-c4ccccc4-c4ccccc4-c4ccccc4-5)c4ccccc34)cc21. The lowest BCUT2D eigenvalue weighted by Crippen LogP contribution is -2.14. The van der Waals surface area contributed by atoms with Crippen molar-refractivity contribution >= 4 is 21.5 Å². The second-order valence-corrected chi connectivity index (χ2v) is 15.2. The molecule has 2 aliphatic rings. The molecule has 0 saturated carbocycles. The van der Waals surface area contributed by atoms with Crippen LogP contribution >= 0.6 is 0 Å². The summed E-state index contributed by atoms with van der Waals surface area (Å²) in [5.41, 5.74) is 20.7. The Bertz CT molecular complexity index is 2910. The number of benzene rings is 9. The largest absolute Gasteiger partial charge is 0.0619 e. The van der Waals surface area contributed by atoms with Crippen LogP contribution in [-0.2, 0) is 5.41 Å². The molecule has 9 aromatic carbocycles. The molecule has 0 heteroatoms. The van der Waals surface area contributed by atoms with Gasteiger partial charge in [-0.15, -0.1) is 0 Å². The van der Waals surface area contributed by atoms with Crippen LogP contribution in [0.4, 0.5) is 0 Å². The fourth-order valence-electron chi connectivity index (χ4n) is 9.63. The normalized spacial score (nSPS) is 13.2. The Balaban J connectivity index is 1.18. The molecule has 9 aromatic rings.